The van der Waals surface area contributed by atoms with Crippen LogP contribution >= 0.6 is 15.9 Å². The molecule has 1 aliphatic rings. The molecule has 1 aromatic rings. The van der Waals surface area contributed by atoms with E-state index in [0.29, 0.717) is 6.04 Å². The molecule has 0 atom stereocenters. The first-order chi connectivity index (χ1) is 10.3. The lowest BCUT2D eigenvalue weighted by atomic mass is 9.91. The molecule has 122 valence electrons. The largest absolute Gasteiger partial charge is 0.444 e. The van der Waals surface area contributed by atoms with Crippen LogP contribution in [-0.4, -0.2) is 28.8 Å². The van der Waals surface area contributed by atoms with Crippen LogP contribution in [0.5, 0.6) is 0 Å². The van der Waals surface area contributed by atoms with Crippen LogP contribution in [0.3, 0.4) is 0 Å². The van der Waals surface area contributed by atoms with E-state index >= 15 is 0 Å². The highest BCUT2D eigenvalue weighted by molar-refractivity contribution is 9.10. The van der Waals surface area contributed by atoms with Crippen molar-refractivity contribution in [3.63, 3.8) is 0 Å². The number of rotatable bonds is 3. The van der Waals surface area contributed by atoms with Gasteiger partial charge in [-0.3, -0.25) is 0 Å². The summed E-state index contributed by atoms with van der Waals surface area (Å²) in [4.78, 5) is 16.1. The van der Waals surface area contributed by atoms with E-state index in [1.54, 1.807) is 6.20 Å². The van der Waals surface area contributed by atoms with Gasteiger partial charge in [0.05, 0.1) is 0 Å². The van der Waals surface area contributed by atoms with Crippen molar-refractivity contribution in [1.29, 1.82) is 0 Å². The lowest BCUT2D eigenvalue weighted by Crippen LogP contribution is -2.42. The molecule has 1 saturated carbocycles. The Bertz CT molecular complexity index is 491. The van der Waals surface area contributed by atoms with Crippen molar-refractivity contribution in [3.8, 4) is 0 Å². The fourth-order valence-corrected chi connectivity index (χ4v) is 2.76. The van der Waals surface area contributed by atoms with E-state index in [0.717, 1.165) is 36.0 Å². The molecule has 2 rings (SSSR count). The van der Waals surface area contributed by atoms with Crippen molar-refractivity contribution >= 4 is 27.8 Å². The molecule has 5 nitrogen and oxygen atoms in total. The smallest absolute Gasteiger partial charge is 0.407 e. The van der Waals surface area contributed by atoms with E-state index in [2.05, 4.69) is 31.5 Å². The second-order valence-electron chi connectivity index (χ2n) is 6.70. The Labute approximate surface area is 140 Å². The summed E-state index contributed by atoms with van der Waals surface area (Å²) in [5.41, 5.74) is -0.448. The summed E-state index contributed by atoms with van der Waals surface area (Å²) in [5.74, 6) is 0.895. The van der Waals surface area contributed by atoms with Gasteiger partial charge >= 0.3 is 6.09 Å². The molecule has 22 heavy (non-hydrogen) atoms. The molecule has 2 N–H and O–H groups in total. The molecular formula is C16H24BrN3O2. The number of nitrogens with one attached hydrogen (secondary N) is 2. The molecule has 0 saturated heterocycles. The Kier molecular flexibility index (Phi) is 5.67. The third kappa shape index (κ3) is 5.83. The highest BCUT2D eigenvalue weighted by Crippen LogP contribution is 2.22. The Balaban J connectivity index is 1.73. The van der Waals surface area contributed by atoms with Gasteiger partial charge in [0.1, 0.15) is 11.4 Å². The maximum absolute atomic E-state index is 11.8. The number of alkyl carbamates (subject to hydrolysis) is 1. The minimum atomic E-state index is -0.448. The summed E-state index contributed by atoms with van der Waals surface area (Å²) in [6, 6.07) is 4.55. The maximum Gasteiger partial charge on any atom is 0.407 e. The van der Waals surface area contributed by atoms with Gasteiger partial charge in [-0.1, -0.05) is 0 Å². The predicted molar refractivity (Wildman–Crippen MR) is 91.0 cm³/mol. The summed E-state index contributed by atoms with van der Waals surface area (Å²) in [5, 5.41) is 6.40. The maximum atomic E-state index is 11.8. The van der Waals surface area contributed by atoms with E-state index < -0.39 is 5.60 Å². The van der Waals surface area contributed by atoms with Gasteiger partial charge in [0.2, 0.25) is 0 Å². The fraction of sp³-hybridized carbons (Fsp3) is 0.625. The summed E-state index contributed by atoms with van der Waals surface area (Å²) < 4.78 is 6.27. The number of ether oxygens (including phenoxy) is 1. The van der Waals surface area contributed by atoms with Gasteiger partial charge in [-0.15, -0.1) is 0 Å². The first-order valence-corrected chi connectivity index (χ1v) is 8.49. The number of anilines is 1. The number of hydrogen-bond acceptors (Lipinski definition) is 4. The molecule has 0 spiro atoms. The first-order valence-electron chi connectivity index (χ1n) is 7.69. The number of pyridine rings is 1. The summed E-state index contributed by atoms with van der Waals surface area (Å²) in [6.07, 6.45) is 5.40. The normalized spacial score (nSPS) is 22.0. The number of nitrogens with zero attached hydrogens (tertiary/aromatic N) is 1. The number of halogens is 1. The van der Waals surface area contributed by atoms with E-state index in [1.165, 1.54) is 0 Å². The Morgan fingerprint density at radius 3 is 2.41 bits per heavy atom. The zero-order valence-electron chi connectivity index (χ0n) is 13.4. The second kappa shape index (κ2) is 7.31. The van der Waals surface area contributed by atoms with Crippen LogP contribution < -0.4 is 10.6 Å². The molecule has 1 aromatic heterocycles. The van der Waals surface area contributed by atoms with Crippen LogP contribution in [0.25, 0.3) is 0 Å². The van der Waals surface area contributed by atoms with Crippen molar-refractivity contribution < 1.29 is 9.53 Å². The van der Waals surface area contributed by atoms with E-state index in [-0.39, 0.29) is 12.1 Å². The third-order valence-electron chi connectivity index (χ3n) is 3.53. The number of aromatic nitrogens is 1. The molecule has 0 aromatic carbocycles. The zero-order valence-corrected chi connectivity index (χ0v) is 14.9. The van der Waals surface area contributed by atoms with Gasteiger partial charge < -0.3 is 15.4 Å². The van der Waals surface area contributed by atoms with E-state index in [1.807, 2.05) is 32.9 Å². The highest BCUT2D eigenvalue weighted by Gasteiger charge is 2.24. The van der Waals surface area contributed by atoms with E-state index in [9.17, 15) is 4.79 Å². The monoisotopic (exact) mass is 369 g/mol. The van der Waals surface area contributed by atoms with Crippen LogP contribution in [0.1, 0.15) is 46.5 Å². The molecule has 1 heterocycles. The second-order valence-corrected chi connectivity index (χ2v) is 7.62. The summed E-state index contributed by atoms with van der Waals surface area (Å²) in [7, 11) is 0. The lowest BCUT2D eigenvalue weighted by Gasteiger charge is -2.30. The van der Waals surface area contributed by atoms with Gasteiger partial charge in [-0.05, 0) is 74.5 Å². The van der Waals surface area contributed by atoms with Gasteiger partial charge in [0.15, 0.2) is 0 Å². The first kappa shape index (κ1) is 17.1. The Morgan fingerprint density at radius 1 is 1.23 bits per heavy atom. The standard InChI is InChI=1S/C16H24BrN3O2/c1-16(2,3)22-15(21)20-13-7-5-12(6-8-13)19-14-9-4-11(17)10-18-14/h4,9-10,12-13H,5-8H2,1-3H3,(H,18,19)(H,20,21)/t12-,13-. The number of carbonyl (C=O) groups excluding carboxylic acids is 1. The fourth-order valence-electron chi connectivity index (χ4n) is 2.53. The highest BCUT2D eigenvalue weighted by atomic mass is 79.9. The average molecular weight is 370 g/mol. The molecule has 6 heteroatoms. The zero-order chi connectivity index (χ0) is 16.2. The predicted octanol–water partition coefficient (Wildman–Crippen LogP) is 4.09. The molecule has 0 radical (unpaired) electrons. The summed E-state index contributed by atoms with van der Waals surface area (Å²) in [6.45, 7) is 5.62. The number of hydrogen-bond donors (Lipinski definition) is 2. The van der Waals surface area contributed by atoms with Crippen LogP contribution in [0.15, 0.2) is 22.8 Å². The van der Waals surface area contributed by atoms with Crippen LogP contribution in [0.4, 0.5) is 10.6 Å². The van der Waals surface area contributed by atoms with Crippen molar-refractivity contribution in [2.75, 3.05) is 5.32 Å². The van der Waals surface area contributed by atoms with Crippen LogP contribution in [-0.2, 0) is 4.74 Å². The number of amides is 1. The molecule has 0 bridgehead atoms. The minimum absolute atomic E-state index is 0.200. The lowest BCUT2D eigenvalue weighted by molar-refractivity contribution is 0.0492. The molecule has 0 aliphatic heterocycles. The number of carbonyl (C=O) groups is 1. The Hall–Kier alpha value is -1.30. The molecule has 1 fully saturated rings. The van der Waals surface area contributed by atoms with Gasteiger partial charge in [0.25, 0.3) is 0 Å². The SMILES string of the molecule is CC(C)(C)OC(=O)N[C@H]1CC[C@H](Nc2ccc(Br)cn2)CC1. The van der Waals surface area contributed by atoms with Gasteiger partial charge in [0, 0.05) is 22.8 Å². The molecule has 1 aliphatic carbocycles. The quantitative estimate of drug-likeness (QED) is 0.841. The average Bonchev–Trinajstić information content (AvgIpc) is 2.41. The van der Waals surface area contributed by atoms with Gasteiger partial charge in [-0.25, -0.2) is 9.78 Å². The van der Waals surface area contributed by atoms with Crippen LogP contribution in [0.2, 0.25) is 0 Å². The molecule has 0 unspecified atom stereocenters. The molecular weight excluding hydrogens is 346 g/mol. The van der Waals surface area contributed by atoms with Crippen LogP contribution in [0, 0.1) is 0 Å². The Morgan fingerprint density at radius 2 is 1.86 bits per heavy atom. The van der Waals surface area contributed by atoms with Crippen molar-refractivity contribution in [1.82, 2.24) is 10.3 Å². The topological polar surface area (TPSA) is 63.2 Å². The van der Waals surface area contributed by atoms with Crippen molar-refractivity contribution in [3.05, 3.63) is 22.8 Å². The summed E-state index contributed by atoms with van der Waals surface area (Å²) >= 11 is 3.38. The third-order valence-corrected chi connectivity index (χ3v) is 4.00. The van der Waals surface area contributed by atoms with Crippen molar-refractivity contribution in [2.24, 2.45) is 0 Å². The van der Waals surface area contributed by atoms with Crippen molar-refractivity contribution in [2.45, 2.75) is 64.1 Å². The van der Waals surface area contributed by atoms with E-state index in [4.69, 9.17) is 4.74 Å². The molecule has 1 amide bonds. The minimum Gasteiger partial charge on any atom is -0.444 e. The van der Waals surface area contributed by atoms with Gasteiger partial charge in [-0.2, -0.15) is 0 Å².